The van der Waals surface area contributed by atoms with Gasteiger partial charge in [0.2, 0.25) is 5.91 Å². The lowest BCUT2D eigenvalue weighted by Gasteiger charge is -2.07. The largest absolute Gasteiger partial charge is 0.355 e. The van der Waals surface area contributed by atoms with Gasteiger partial charge in [-0.3, -0.25) is 4.79 Å². The van der Waals surface area contributed by atoms with Crippen LogP contribution < -0.4 is 5.32 Å². The van der Waals surface area contributed by atoms with Crippen molar-refractivity contribution in [2.45, 2.75) is 26.2 Å². The van der Waals surface area contributed by atoms with E-state index in [1.54, 1.807) is 0 Å². The fraction of sp³-hybridized carbons (Fsp3) is 0.800. The van der Waals surface area contributed by atoms with Gasteiger partial charge in [-0.25, -0.2) is 0 Å². The van der Waals surface area contributed by atoms with Gasteiger partial charge < -0.3 is 5.32 Å². The van der Waals surface area contributed by atoms with Gasteiger partial charge in [0.25, 0.3) is 0 Å². The Bertz CT molecular complexity index is 84.5. The Morgan fingerprint density at radius 3 is 2.50 bits per heavy atom. The number of rotatable bonds is 2. The number of carbonyl (C=O) groups excluding carboxylic acids is 1. The lowest BCUT2D eigenvalue weighted by atomic mass is 9.99. The highest BCUT2D eigenvalue weighted by molar-refractivity contribution is 6.09. The molecule has 1 N–H and O–H groups in total. The van der Waals surface area contributed by atoms with E-state index < -0.39 is 0 Å². The third-order valence-electron chi connectivity index (χ3n) is 1.06. The summed E-state index contributed by atoms with van der Waals surface area (Å²) in [6.07, 6.45) is 1.000. The molecule has 46 valence electrons. The van der Waals surface area contributed by atoms with Crippen LogP contribution in [0.1, 0.15) is 13.8 Å². The summed E-state index contributed by atoms with van der Waals surface area (Å²) in [7, 11) is 2.04. The monoisotopic (exact) mass is 113 g/mol. The Balaban J connectivity index is 3.24. The van der Waals surface area contributed by atoms with Crippen molar-refractivity contribution < 1.29 is 4.79 Å². The minimum atomic E-state index is 0.0550. The van der Waals surface area contributed by atoms with Crippen molar-refractivity contribution in [3.8, 4) is 0 Å². The van der Waals surface area contributed by atoms with Crippen LogP contribution in [-0.4, -0.2) is 19.8 Å². The molecule has 0 heterocycles. The van der Waals surface area contributed by atoms with Crippen molar-refractivity contribution >= 4 is 13.8 Å². The lowest BCUT2D eigenvalue weighted by molar-refractivity contribution is -0.119. The Labute approximate surface area is 51.1 Å². The average molecular weight is 113 g/mol. The van der Waals surface area contributed by atoms with Gasteiger partial charge in [0.1, 0.15) is 7.85 Å². The first kappa shape index (κ1) is 7.53. The van der Waals surface area contributed by atoms with Crippen LogP contribution in [0.5, 0.6) is 0 Å². The molecule has 1 unspecified atom stereocenters. The average Bonchev–Trinajstić information content (AvgIpc) is 1.65. The number of hydrogen-bond donors (Lipinski definition) is 1. The molecule has 1 amide bonds. The van der Waals surface area contributed by atoms with E-state index in [1.165, 1.54) is 6.92 Å². The second kappa shape index (κ2) is 3.53. The van der Waals surface area contributed by atoms with E-state index in [-0.39, 0.29) is 5.91 Å². The second-order valence-corrected chi connectivity index (χ2v) is 2.01. The highest BCUT2D eigenvalue weighted by Gasteiger charge is 1.96. The van der Waals surface area contributed by atoms with Crippen LogP contribution in [0.15, 0.2) is 0 Å². The van der Waals surface area contributed by atoms with Crippen molar-refractivity contribution in [2.24, 2.45) is 0 Å². The molecule has 3 heteroatoms. The summed E-state index contributed by atoms with van der Waals surface area (Å²) >= 11 is 0. The third kappa shape index (κ3) is 3.72. The lowest BCUT2D eigenvalue weighted by Crippen LogP contribution is -2.29. The molecule has 0 aliphatic carbocycles. The molecule has 0 rings (SSSR count). The molecular formula is C5H12BNO. The SMILES string of the molecule is BCC(C)NC(C)=O. The number of hydrogen-bond acceptors (Lipinski definition) is 1. The van der Waals surface area contributed by atoms with E-state index in [1.807, 2.05) is 14.8 Å². The van der Waals surface area contributed by atoms with Gasteiger partial charge in [-0.1, -0.05) is 6.32 Å². The predicted octanol–water partition coefficient (Wildman–Crippen LogP) is -0.438. The van der Waals surface area contributed by atoms with Gasteiger partial charge in [0.05, 0.1) is 0 Å². The molecule has 0 saturated carbocycles. The quantitative estimate of drug-likeness (QED) is 0.483. The smallest absolute Gasteiger partial charge is 0.217 e. The molecule has 0 fully saturated rings. The van der Waals surface area contributed by atoms with Crippen LogP contribution in [-0.2, 0) is 4.79 Å². The molecule has 0 aromatic carbocycles. The molecule has 1 atom stereocenters. The summed E-state index contributed by atoms with van der Waals surface area (Å²) in [5, 5.41) is 2.75. The van der Waals surface area contributed by atoms with Crippen LogP contribution in [0.3, 0.4) is 0 Å². The molecular weight excluding hydrogens is 101 g/mol. The zero-order chi connectivity index (χ0) is 6.57. The van der Waals surface area contributed by atoms with Crippen molar-refractivity contribution in [1.29, 1.82) is 0 Å². The molecule has 0 aromatic rings. The molecule has 0 aliphatic heterocycles. The normalized spacial score (nSPS) is 12.8. The Morgan fingerprint density at radius 1 is 1.88 bits per heavy atom. The van der Waals surface area contributed by atoms with Crippen LogP contribution in [0, 0.1) is 0 Å². The topological polar surface area (TPSA) is 29.1 Å². The first-order chi connectivity index (χ1) is 3.66. The summed E-state index contributed by atoms with van der Waals surface area (Å²) in [6.45, 7) is 3.52. The molecule has 0 aromatic heterocycles. The number of carbonyl (C=O) groups is 1. The first-order valence-electron chi connectivity index (χ1n) is 2.94. The van der Waals surface area contributed by atoms with Crippen molar-refractivity contribution in [3.05, 3.63) is 0 Å². The van der Waals surface area contributed by atoms with Crippen molar-refractivity contribution in [1.82, 2.24) is 5.32 Å². The molecule has 0 aliphatic rings. The maximum absolute atomic E-state index is 10.3. The number of amides is 1. The summed E-state index contributed by atoms with van der Waals surface area (Å²) in [5.74, 6) is 0.0550. The van der Waals surface area contributed by atoms with Crippen molar-refractivity contribution in [3.63, 3.8) is 0 Å². The van der Waals surface area contributed by atoms with E-state index in [4.69, 9.17) is 0 Å². The number of nitrogens with one attached hydrogen (secondary N) is 1. The summed E-state index contributed by atoms with van der Waals surface area (Å²) in [5.41, 5.74) is 0. The van der Waals surface area contributed by atoms with Gasteiger partial charge in [0.15, 0.2) is 0 Å². The molecule has 0 spiro atoms. The molecule has 8 heavy (non-hydrogen) atoms. The molecule has 2 nitrogen and oxygen atoms in total. The Kier molecular flexibility index (Phi) is 3.32. The van der Waals surface area contributed by atoms with E-state index in [9.17, 15) is 4.79 Å². The van der Waals surface area contributed by atoms with Gasteiger partial charge in [-0.05, 0) is 6.92 Å². The fourth-order valence-corrected chi connectivity index (χ4v) is 0.449. The zero-order valence-electron chi connectivity index (χ0n) is 5.69. The van der Waals surface area contributed by atoms with E-state index in [2.05, 4.69) is 5.32 Å². The van der Waals surface area contributed by atoms with Crippen LogP contribution >= 0.6 is 0 Å². The summed E-state index contributed by atoms with van der Waals surface area (Å²) < 4.78 is 0. The molecule has 0 radical (unpaired) electrons. The molecule has 0 saturated heterocycles. The maximum Gasteiger partial charge on any atom is 0.217 e. The first-order valence-corrected chi connectivity index (χ1v) is 2.94. The fourth-order valence-electron chi connectivity index (χ4n) is 0.449. The Morgan fingerprint density at radius 2 is 2.38 bits per heavy atom. The van der Waals surface area contributed by atoms with Gasteiger partial charge in [-0.15, -0.1) is 0 Å². The minimum absolute atomic E-state index is 0.0550. The maximum atomic E-state index is 10.3. The Hall–Kier alpha value is -0.465. The highest BCUT2D eigenvalue weighted by Crippen LogP contribution is 1.83. The summed E-state index contributed by atoms with van der Waals surface area (Å²) in [6, 6.07) is 0.326. The van der Waals surface area contributed by atoms with E-state index in [0.717, 1.165) is 6.32 Å². The van der Waals surface area contributed by atoms with E-state index in [0.29, 0.717) is 6.04 Å². The van der Waals surface area contributed by atoms with Crippen LogP contribution in [0.4, 0.5) is 0 Å². The van der Waals surface area contributed by atoms with Gasteiger partial charge in [-0.2, -0.15) is 0 Å². The highest BCUT2D eigenvalue weighted by atomic mass is 16.1. The second-order valence-electron chi connectivity index (χ2n) is 2.01. The van der Waals surface area contributed by atoms with Gasteiger partial charge in [0, 0.05) is 13.0 Å². The van der Waals surface area contributed by atoms with Crippen LogP contribution in [0.25, 0.3) is 0 Å². The molecule has 0 bridgehead atoms. The van der Waals surface area contributed by atoms with Crippen molar-refractivity contribution in [2.75, 3.05) is 0 Å². The third-order valence-corrected chi connectivity index (χ3v) is 1.06. The van der Waals surface area contributed by atoms with Gasteiger partial charge >= 0.3 is 0 Å². The predicted molar refractivity (Wildman–Crippen MR) is 36.6 cm³/mol. The van der Waals surface area contributed by atoms with Crippen LogP contribution in [0.2, 0.25) is 6.32 Å². The van der Waals surface area contributed by atoms with E-state index >= 15 is 0 Å². The zero-order valence-corrected chi connectivity index (χ0v) is 5.69. The minimum Gasteiger partial charge on any atom is -0.355 e. The standard InChI is InChI=1S/C5H12BNO/c1-4(3-6)7-5(2)8/h4H,3,6H2,1-2H3,(H,7,8). The summed E-state index contributed by atoms with van der Waals surface area (Å²) in [4.78, 5) is 10.3.